The number of aromatic amines is 1. The maximum absolute atomic E-state index is 14.2. The van der Waals surface area contributed by atoms with Gasteiger partial charge in [0.1, 0.15) is 17.4 Å². The highest BCUT2D eigenvalue weighted by Crippen LogP contribution is 2.35. The van der Waals surface area contributed by atoms with Crippen molar-refractivity contribution in [2.45, 2.75) is 62.3 Å². The minimum atomic E-state index is -0.662. The summed E-state index contributed by atoms with van der Waals surface area (Å²) in [4.78, 5) is 16.5. The summed E-state index contributed by atoms with van der Waals surface area (Å²) in [5.74, 6) is -1.20. The highest BCUT2D eigenvalue weighted by Gasteiger charge is 2.22. The Morgan fingerprint density at radius 2 is 1.82 bits per heavy atom. The van der Waals surface area contributed by atoms with Crippen molar-refractivity contribution in [3.8, 4) is 16.9 Å². The van der Waals surface area contributed by atoms with Crippen LogP contribution >= 0.6 is 22.6 Å². The highest BCUT2D eigenvalue weighted by molar-refractivity contribution is 14.1. The number of aromatic nitrogens is 2. The summed E-state index contributed by atoms with van der Waals surface area (Å²) in [5, 5.41) is 25.1. The molecule has 11 heteroatoms. The minimum absolute atomic E-state index is 0.0945. The quantitative estimate of drug-likeness (QED) is 0.0659. The van der Waals surface area contributed by atoms with Crippen LogP contribution in [0.15, 0.2) is 72.8 Å². The molecule has 8 nitrogen and oxygen atoms in total. The Morgan fingerprint density at radius 3 is 2.55 bits per heavy atom. The van der Waals surface area contributed by atoms with Crippen LogP contribution in [0.25, 0.3) is 22.0 Å². The number of ether oxygens (including phenoxy) is 1. The first kappa shape index (κ1) is 36.6. The number of fused-ring (bicyclic) bond motifs is 1. The lowest BCUT2D eigenvalue weighted by Gasteiger charge is -2.29. The zero-order valence-corrected chi connectivity index (χ0v) is 31.1. The van der Waals surface area contributed by atoms with Crippen LogP contribution < -0.4 is 15.5 Å². The van der Waals surface area contributed by atoms with Gasteiger partial charge in [-0.25, -0.2) is 8.78 Å². The lowest BCUT2D eigenvalue weighted by molar-refractivity contribution is 0.0904. The number of phenolic OH excluding ortho intramolecular Hbond substituents is 1. The van der Waals surface area contributed by atoms with Gasteiger partial charge < -0.3 is 25.4 Å². The molecule has 2 heterocycles. The summed E-state index contributed by atoms with van der Waals surface area (Å²) in [6.45, 7) is 7.59. The number of rotatable bonds is 14. The van der Waals surface area contributed by atoms with E-state index in [2.05, 4.69) is 68.2 Å². The van der Waals surface area contributed by atoms with E-state index >= 15 is 0 Å². The molecule has 1 fully saturated rings. The molecule has 6 rings (SSSR count). The molecule has 51 heavy (non-hydrogen) atoms. The Bertz CT molecular complexity index is 1960. The van der Waals surface area contributed by atoms with E-state index in [1.807, 2.05) is 30.3 Å². The summed E-state index contributed by atoms with van der Waals surface area (Å²) in [5.41, 5.74) is 5.68. The van der Waals surface area contributed by atoms with Crippen LogP contribution in [-0.4, -0.2) is 57.5 Å². The number of anilines is 3. The third kappa shape index (κ3) is 9.17. The molecule has 0 spiro atoms. The fraction of sp³-hybridized carbons (Fsp3) is 0.350. The maximum Gasteiger partial charge on any atom is 0.258 e. The third-order valence-corrected chi connectivity index (χ3v) is 10.8. The number of alkyl halides is 1. The number of aromatic hydroxyl groups is 1. The van der Waals surface area contributed by atoms with Crippen molar-refractivity contribution in [2.75, 3.05) is 41.8 Å². The van der Waals surface area contributed by atoms with Gasteiger partial charge in [-0.15, -0.1) is 0 Å². The molecule has 5 aromatic rings. The molecular weight excluding hydrogens is 763 g/mol. The van der Waals surface area contributed by atoms with Gasteiger partial charge in [0.2, 0.25) is 0 Å². The largest absolute Gasteiger partial charge is 0.508 e. The van der Waals surface area contributed by atoms with E-state index in [1.54, 1.807) is 18.2 Å². The zero-order chi connectivity index (χ0) is 35.9. The van der Waals surface area contributed by atoms with E-state index in [4.69, 9.17) is 4.74 Å². The maximum atomic E-state index is 14.2. The molecular formula is C40H44F2IN5O3. The van der Waals surface area contributed by atoms with E-state index in [9.17, 15) is 18.7 Å². The number of hydrogen-bond acceptors (Lipinski definition) is 6. The van der Waals surface area contributed by atoms with Crippen LogP contribution in [0.4, 0.5) is 26.0 Å². The lowest BCUT2D eigenvalue weighted by atomic mass is 9.93. The van der Waals surface area contributed by atoms with Gasteiger partial charge >= 0.3 is 0 Å². The zero-order valence-electron chi connectivity index (χ0n) is 28.9. The van der Waals surface area contributed by atoms with Crippen LogP contribution in [0, 0.1) is 11.6 Å². The molecule has 1 aliphatic heterocycles. The van der Waals surface area contributed by atoms with Crippen molar-refractivity contribution in [3.05, 3.63) is 101 Å². The van der Waals surface area contributed by atoms with Gasteiger partial charge in [-0.05, 0) is 115 Å². The molecule has 1 atom stereocenters. The molecule has 4 aromatic carbocycles. The Labute approximate surface area is 311 Å². The first-order valence-corrected chi connectivity index (χ1v) is 18.9. The SMILES string of the molecule is CCCN(CCC(I)CC)c1ccc(C(=O)Nc2n[nH]c3cc(-c4cccc(O)c4)c(Cc4cc(F)cc(F)c4)cc23)c(NC2CCOCC2)c1. The molecule has 4 N–H and O–H groups in total. The van der Waals surface area contributed by atoms with Crippen LogP contribution in [-0.2, 0) is 11.2 Å². The molecule has 0 aliphatic carbocycles. The number of nitrogens with zero attached hydrogens (tertiary/aromatic N) is 2. The molecule has 1 aromatic heterocycles. The topological polar surface area (TPSA) is 103 Å². The van der Waals surface area contributed by atoms with E-state index < -0.39 is 11.6 Å². The monoisotopic (exact) mass is 807 g/mol. The van der Waals surface area contributed by atoms with Crippen molar-refractivity contribution in [1.29, 1.82) is 0 Å². The molecule has 0 bridgehead atoms. The first-order valence-electron chi connectivity index (χ1n) is 17.6. The number of phenols is 1. The smallest absolute Gasteiger partial charge is 0.258 e. The van der Waals surface area contributed by atoms with Gasteiger partial charge in [-0.1, -0.05) is 48.6 Å². The van der Waals surface area contributed by atoms with Gasteiger partial charge in [0.05, 0.1) is 11.1 Å². The average molecular weight is 808 g/mol. The molecule has 1 unspecified atom stereocenters. The fourth-order valence-electron chi connectivity index (χ4n) is 6.65. The highest BCUT2D eigenvalue weighted by atomic mass is 127. The van der Waals surface area contributed by atoms with Gasteiger partial charge in [-0.2, -0.15) is 5.10 Å². The van der Waals surface area contributed by atoms with E-state index in [0.717, 1.165) is 79.3 Å². The third-order valence-electron chi connectivity index (χ3n) is 9.34. The predicted molar refractivity (Wildman–Crippen MR) is 209 cm³/mol. The van der Waals surface area contributed by atoms with Crippen LogP contribution in [0.1, 0.15) is 67.4 Å². The Kier molecular flexibility index (Phi) is 12.1. The van der Waals surface area contributed by atoms with Crippen molar-refractivity contribution in [1.82, 2.24) is 10.2 Å². The second kappa shape index (κ2) is 16.9. The van der Waals surface area contributed by atoms with Crippen LogP contribution in [0.2, 0.25) is 0 Å². The van der Waals surface area contributed by atoms with Gasteiger partial charge in [0.25, 0.3) is 5.91 Å². The molecule has 1 aliphatic rings. The van der Waals surface area contributed by atoms with Gasteiger partial charge in [0.15, 0.2) is 5.82 Å². The van der Waals surface area contributed by atoms with Crippen LogP contribution in [0.5, 0.6) is 5.75 Å². The number of hydrogen-bond donors (Lipinski definition) is 4. The van der Waals surface area contributed by atoms with Crippen molar-refractivity contribution in [2.24, 2.45) is 0 Å². The summed E-state index contributed by atoms with van der Waals surface area (Å²) >= 11 is 2.52. The molecule has 0 radical (unpaired) electrons. The predicted octanol–water partition coefficient (Wildman–Crippen LogP) is 9.47. The first-order chi connectivity index (χ1) is 24.7. The Hall–Kier alpha value is -4.23. The lowest BCUT2D eigenvalue weighted by Crippen LogP contribution is -2.30. The van der Waals surface area contributed by atoms with Crippen molar-refractivity contribution >= 4 is 56.6 Å². The minimum Gasteiger partial charge on any atom is -0.508 e. The van der Waals surface area contributed by atoms with E-state index in [-0.39, 0.29) is 24.1 Å². The normalized spacial score (nSPS) is 14.1. The second-order valence-electron chi connectivity index (χ2n) is 13.1. The van der Waals surface area contributed by atoms with Gasteiger partial charge in [-0.3, -0.25) is 9.89 Å². The Balaban J connectivity index is 1.35. The summed E-state index contributed by atoms with van der Waals surface area (Å²) < 4.78 is 34.6. The summed E-state index contributed by atoms with van der Waals surface area (Å²) in [6, 6.07) is 20.2. The van der Waals surface area contributed by atoms with Crippen molar-refractivity contribution in [3.63, 3.8) is 0 Å². The number of nitrogens with one attached hydrogen (secondary N) is 3. The fourth-order valence-corrected chi connectivity index (χ4v) is 6.93. The number of halogens is 3. The van der Waals surface area contributed by atoms with E-state index in [0.29, 0.717) is 45.0 Å². The van der Waals surface area contributed by atoms with Crippen molar-refractivity contribution < 1.29 is 23.4 Å². The number of amides is 1. The number of benzene rings is 4. The number of H-pyrrole nitrogens is 1. The molecule has 1 amide bonds. The summed E-state index contributed by atoms with van der Waals surface area (Å²) in [6.07, 6.45) is 5.12. The average Bonchev–Trinajstić information content (AvgIpc) is 3.50. The van der Waals surface area contributed by atoms with Gasteiger partial charge in [0, 0.05) is 59.1 Å². The van der Waals surface area contributed by atoms with E-state index in [1.165, 1.54) is 12.1 Å². The molecule has 268 valence electrons. The molecule has 0 saturated carbocycles. The summed E-state index contributed by atoms with van der Waals surface area (Å²) in [7, 11) is 0. The Morgan fingerprint density at radius 1 is 1.04 bits per heavy atom. The standard InChI is InChI=1S/C40H44F2IN5O3/c1-3-13-48(14-10-30(43)4-2)32-8-9-34(37(23-32)44-31-11-15-51-16-12-31)40(50)45-39-36-21-27(17-25-18-28(41)22-29(42)19-25)35(24-38(36)46-47-39)26-6-5-7-33(49)20-26/h5-9,18-24,30-31,44,49H,3-4,10-17H2,1-2H3,(H2,45,46,47,50). The number of carbonyl (C=O) groups excluding carboxylic acids is 1. The second-order valence-corrected chi connectivity index (χ2v) is 14.9. The number of carbonyl (C=O) groups is 1. The van der Waals surface area contributed by atoms with Crippen LogP contribution in [0.3, 0.4) is 0 Å². The molecule has 1 saturated heterocycles.